The van der Waals surface area contributed by atoms with Crippen LogP contribution in [0.5, 0.6) is 11.8 Å². The van der Waals surface area contributed by atoms with Gasteiger partial charge in [0.1, 0.15) is 17.9 Å². The minimum Gasteiger partial charge on any atom is -0.492 e. The van der Waals surface area contributed by atoms with Gasteiger partial charge in [0.15, 0.2) is 5.58 Å². The Labute approximate surface area is 198 Å². The average Bonchev–Trinajstić information content (AvgIpc) is 3.27. The van der Waals surface area contributed by atoms with Gasteiger partial charge in [-0.15, -0.1) is 0 Å². The summed E-state index contributed by atoms with van der Waals surface area (Å²) in [5.74, 6) is -0.0863. The normalized spacial score (nSPS) is 15.1. The molecule has 0 radical (unpaired) electrons. The lowest BCUT2D eigenvalue weighted by Gasteiger charge is -2.26. The van der Waals surface area contributed by atoms with Gasteiger partial charge in [0, 0.05) is 19.4 Å². The first-order chi connectivity index (χ1) is 16.5. The van der Waals surface area contributed by atoms with E-state index in [9.17, 15) is 14.7 Å². The fourth-order valence-electron chi connectivity index (χ4n) is 4.21. The van der Waals surface area contributed by atoms with E-state index in [-0.39, 0.29) is 24.3 Å². The second-order valence-electron chi connectivity index (χ2n) is 8.68. The van der Waals surface area contributed by atoms with Crippen LogP contribution in [-0.4, -0.2) is 53.2 Å². The summed E-state index contributed by atoms with van der Waals surface area (Å²) < 4.78 is 16.8. The van der Waals surface area contributed by atoms with Crippen LogP contribution in [0.15, 0.2) is 52.9 Å². The Morgan fingerprint density at radius 3 is 2.56 bits per heavy atom. The van der Waals surface area contributed by atoms with Crippen LogP contribution in [0.2, 0.25) is 0 Å². The van der Waals surface area contributed by atoms with Gasteiger partial charge in [-0.2, -0.15) is 4.98 Å². The van der Waals surface area contributed by atoms with Crippen molar-refractivity contribution >= 4 is 23.0 Å². The van der Waals surface area contributed by atoms with Gasteiger partial charge in [-0.25, -0.2) is 4.79 Å². The molecule has 180 valence electrons. The van der Waals surface area contributed by atoms with Crippen molar-refractivity contribution in [3.63, 3.8) is 0 Å². The van der Waals surface area contributed by atoms with E-state index >= 15 is 0 Å². The molecule has 8 nitrogen and oxygen atoms in total. The number of aromatic nitrogens is 1. The molecule has 2 aromatic carbocycles. The number of carbonyl (C=O) groups excluding carboxylic acids is 1. The molecule has 8 heteroatoms. The SMILES string of the molecule is CN(CCOc1ccc(C[C@H](Oc2nc3ccccc3o2)C(=O)O)cc1)C(=O)C1CCCCC1. The van der Waals surface area contributed by atoms with Crippen LogP contribution < -0.4 is 9.47 Å². The molecule has 1 aliphatic rings. The van der Waals surface area contributed by atoms with E-state index < -0.39 is 12.1 Å². The number of benzene rings is 2. The molecule has 0 spiro atoms. The monoisotopic (exact) mass is 466 g/mol. The van der Waals surface area contributed by atoms with Crippen LogP contribution >= 0.6 is 0 Å². The minimum absolute atomic E-state index is 0.0690. The first kappa shape index (κ1) is 23.6. The predicted octanol–water partition coefficient (Wildman–Crippen LogP) is 4.32. The molecule has 1 aliphatic carbocycles. The Morgan fingerprint density at radius 2 is 1.85 bits per heavy atom. The third-order valence-electron chi connectivity index (χ3n) is 6.16. The number of rotatable bonds is 10. The van der Waals surface area contributed by atoms with Gasteiger partial charge >= 0.3 is 12.0 Å². The predicted molar refractivity (Wildman–Crippen MR) is 126 cm³/mol. The quantitative estimate of drug-likeness (QED) is 0.475. The molecule has 1 saturated carbocycles. The third-order valence-corrected chi connectivity index (χ3v) is 6.16. The molecule has 1 fully saturated rings. The molecule has 0 saturated heterocycles. The number of oxazole rings is 1. The number of aliphatic carboxylic acids is 1. The Balaban J connectivity index is 1.27. The molecule has 1 heterocycles. The second kappa shape index (κ2) is 11.0. The molecule has 1 amide bonds. The maximum Gasteiger partial charge on any atom is 0.395 e. The summed E-state index contributed by atoms with van der Waals surface area (Å²) in [5.41, 5.74) is 1.92. The maximum absolute atomic E-state index is 12.5. The second-order valence-corrected chi connectivity index (χ2v) is 8.68. The maximum atomic E-state index is 12.5. The fourth-order valence-corrected chi connectivity index (χ4v) is 4.21. The molecule has 0 unspecified atom stereocenters. The van der Waals surface area contributed by atoms with Crippen molar-refractivity contribution in [1.29, 1.82) is 0 Å². The molecule has 3 aromatic rings. The average molecular weight is 467 g/mol. The lowest BCUT2D eigenvalue weighted by molar-refractivity contribution is -0.145. The molecule has 4 rings (SSSR count). The topological polar surface area (TPSA) is 102 Å². The van der Waals surface area contributed by atoms with E-state index in [0.29, 0.717) is 30.0 Å². The molecule has 0 aliphatic heterocycles. The molecular weight excluding hydrogens is 436 g/mol. The van der Waals surface area contributed by atoms with Gasteiger partial charge < -0.3 is 23.9 Å². The van der Waals surface area contributed by atoms with Gasteiger partial charge in [0.25, 0.3) is 0 Å². The number of para-hydroxylation sites is 2. The van der Waals surface area contributed by atoms with Crippen molar-refractivity contribution in [1.82, 2.24) is 9.88 Å². The number of likely N-dealkylation sites (N-methyl/N-ethyl adjacent to an activating group) is 1. The van der Waals surface area contributed by atoms with Crippen LogP contribution in [0, 0.1) is 5.92 Å². The van der Waals surface area contributed by atoms with Gasteiger partial charge in [-0.1, -0.05) is 43.5 Å². The van der Waals surface area contributed by atoms with E-state index in [1.165, 1.54) is 6.42 Å². The fraction of sp³-hybridized carbons (Fsp3) is 0.423. The summed E-state index contributed by atoms with van der Waals surface area (Å²) in [6.07, 6.45) is 4.40. The zero-order valence-corrected chi connectivity index (χ0v) is 19.3. The Morgan fingerprint density at radius 1 is 1.12 bits per heavy atom. The van der Waals surface area contributed by atoms with Gasteiger partial charge in [0.05, 0.1) is 6.54 Å². The van der Waals surface area contributed by atoms with Crippen LogP contribution in [0.1, 0.15) is 37.7 Å². The summed E-state index contributed by atoms with van der Waals surface area (Å²) in [7, 11) is 1.83. The number of carboxylic acid groups (broad SMARTS) is 1. The van der Waals surface area contributed by atoms with Crippen molar-refractivity contribution in [2.24, 2.45) is 5.92 Å². The molecule has 0 bridgehead atoms. The number of nitrogens with zero attached hydrogens (tertiary/aromatic N) is 2. The zero-order valence-electron chi connectivity index (χ0n) is 19.3. The van der Waals surface area contributed by atoms with Crippen LogP contribution in [-0.2, 0) is 16.0 Å². The number of hydrogen-bond acceptors (Lipinski definition) is 6. The summed E-state index contributed by atoms with van der Waals surface area (Å²) in [5, 5.41) is 9.58. The molecular formula is C26H30N2O6. The van der Waals surface area contributed by atoms with Gasteiger partial charge in [-0.3, -0.25) is 4.79 Å². The van der Waals surface area contributed by atoms with Crippen molar-refractivity contribution < 1.29 is 28.6 Å². The van der Waals surface area contributed by atoms with Crippen molar-refractivity contribution in [3.05, 3.63) is 54.1 Å². The van der Waals surface area contributed by atoms with E-state index in [2.05, 4.69) is 4.98 Å². The Kier molecular flexibility index (Phi) is 7.67. The zero-order chi connectivity index (χ0) is 23.9. The van der Waals surface area contributed by atoms with Crippen LogP contribution in [0.3, 0.4) is 0 Å². The summed E-state index contributed by atoms with van der Waals surface area (Å²) in [4.78, 5) is 30.2. The number of hydrogen-bond donors (Lipinski definition) is 1. The largest absolute Gasteiger partial charge is 0.492 e. The van der Waals surface area contributed by atoms with Crippen molar-refractivity contribution in [3.8, 4) is 11.8 Å². The van der Waals surface area contributed by atoms with Crippen LogP contribution in [0.25, 0.3) is 11.1 Å². The summed E-state index contributed by atoms with van der Waals surface area (Å²) >= 11 is 0. The standard InChI is InChI=1S/C26H30N2O6/c1-28(24(29)19-7-3-2-4-8-19)15-16-32-20-13-11-18(12-14-20)17-23(25(30)31)34-26-27-21-9-5-6-10-22(21)33-26/h5-6,9-14,19,23H,2-4,7-8,15-17H2,1H3,(H,30,31)/t23-/m0/s1. The van der Waals surface area contributed by atoms with Crippen molar-refractivity contribution in [2.75, 3.05) is 20.2 Å². The smallest absolute Gasteiger partial charge is 0.395 e. The summed E-state index contributed by atoms with van der Waals surface area (Å²) in [6, 6.07) is 14.3. The Bertz CT molecular complexity index is 1070. The molecule has 1 N–H and O–H groups in total. The highest BCUT2D eigenvalue weighted by Crippen LogP contribution is 2.25. The van der Waals surface area contributed by atoms with Gasteiger partial charge in [0.2, 0.25) is 12.0 Å². The first-order valence-electron chi connectivity index (χ1n) is 11.7. The first-order valence-corrected chi connectivity index (χ1v) is 11.7. The molecule has 1 aromatic heterocycles. The minimum atomic E-state index is -1.14. The van der Waals surface area contributed by atoms with Gasteiger partial charge in [-0.05, 0) is 42.7 Å². The Hall–Kier alpha value is -3.55. The van der Waals surface area contributed by atoms with E-state index in [1.807, 2.05) is 19.2 Å². The van der Waals surface area contributed by atoms with Crippen LogP contribution in [0.4, 0.5) is 0 Å². The number of fused-ring (bicyclic) bond motifs is 1. The third kappa shape index (κ3) is 6.07. The highest BCUT2D eigenvalue weighted by molar-refractivity contribution is 5.78. The number of ether oxygens (including phenoxy) is 2. The van der Waals surface area contributed by atoms with E-state index in [1.54, 1.807) is 41.3 Å². The molecule has 34 heavy (non-hydrogen) atoms. The number of amides is 1. The number of carboxylic acids is 1. The van der Waals surface area contributed by atoms with E-state index in [0.717, 1.165) is 31.2 Å². The lowest BCUT2D eigenvalue weighted by Crippen LogP contribution is -2.36. The highest BCUT2D eigenvalue weighted by Gasteiger charge is 2.24. The molecule has 1 atom stereocenters. The van der Waals surface area contributed by atoms with E-state index in [4.69, 9.17) is 13.9 Å². The highest BCUT2D eigenvalue weighted by atomic mass is 16.6. The van der Waals surface area contributed by atoms with Crippen molar-refractivity contribution in [2.45, 2.75) is 44.6 Å². The number of carbonyl (C=O) groups is 2. The lowest BCUT2D eigenvalue weighted by atomic mass is 9.88. The summed E-state index contributed by atoms with van der Waals surface area (Å²) in [6.45, 7) is 0.920.